The third kappa shape index (κ3) is 4.90. The molecule has 2 aromatic carbocycles. The van der Waals surface area contributed by atoms with Crippen LogP contribution in [0.2, 0.25) is 0 Å². The van der Waals surface area contributed by atoms with Crippen molar-refractivity contribution in [2.75, 3.05) is 20.7 Å². The van der Waals surface area contributed by atoms with Gasteiger partial charge in [0, 0.05) is 25.2 Å². The van der Waals surface area contributed by atoms with Crippen LogP contribution in [0.1, 0.15) is 32.4 Å². The standard InChI is InChI=1S/C22H26N2O8/c1-23-21(29)12-6-13(22(30)24-2)9-15(8-12)31-14-5-3-4-11(7-14)20-19(28)18(27)17(26)16(10-25)32-20/h3-9,16-20,25-28H,10H2,1-2H3,(H,23,29)(H,24,30)/t16-,17-,18+,19+,20-/m1/s1. The summed E-state index contributed by atoms with van der Waals surface area (Å²) >= 11 is 0. The summed E-state index contributed by atoms with van der Waals surface area (Å²) in [5.41, 5.74) is 0.899. The monoisotopic (exact) mass is 446 g/mol. The first kappa shape index (κ1) is 23.6. The van der Waals surface area contributed by atoms with E-state index in [9.17, 15) is 30.0 Å². The van der Waals surface area contributed by atoms with E-state index >= 15 is 0 Å². The maximum absolute atomic E-state index is 12.1. The number of hydrogen-bond acceptors (Lipinski definition) is 8. The lowest BCUT2D eigenvalue weighted by Crippen LogP contribution is -2.55. The lowest BCUT2D eigenvalue weighted by atomic mass is 9.91. The summed E-state index contributed by atoms with van der Waals surface area (Å²) < 4.78 is 11.4. The van der Waals surface area contributed by atoms with Crippen LogP contribution in [0.3, 0.4) is 0 Å². The Hall–Kier alpha value is -3.02. The predicted molar refractivity (Wildman–Crippen MR) is 112 cm³/mol. The second-order valence-corrected chi connectivity index (χ2v) is 7.33. The Balaban J connectivity index is 1.90. The number of nitrogens with one attached hydrogen (secondary N) is 2. The number of ether oxygens (including phenoxy) is 2. The number of aliphatic hydroxyl groups is 4. The van der Waals surface area contributed by atoms with E-state index in [1.807, 2.05) is 0 Å². The molecule has 172 valence electrons. The van der Waals surface area contributed by atoms with Crippen molar-refractivity contribution in [3.05, 3.63) is 59.2 Å². The maximum atomic E-state index is 12.1. The van der Waals surface area contributed by atoms with Gasteiger partial charge in [-0.1, -0.05) is 12.1 Å². The Bertz CT molecular complexity index is 946. The number of carbonyl (C=O) groups is 2. The zero-order chi connectivity index (χ0) is 23.4. The highest BCUT2D eigenvalue weighted by Crippen LogP contribution is 2.34. The molecule has 1 aliphatic heterocycles. The van der Waals surface area contributed by atoms with Crippen molar-refractivity contribution in [1.29, 1.82) is 0 Å². The SMILES string of the molecule is CNC(=O)c1cc(Oc2cccc([C@H]3O[C@H](CO)[C@@H](O)[C@H](O)[C@@H]3O)c2)cc(C(=O)NC)c1. The van der Waals surface area contributed by atoms with E-state index in [-0.39, 0.29) is 16.9 Å². The average Bonchev–Trinajstić information content (AvgIpc) is 2.81. The Morgan fingerprint density at radius 3 is 2.09 bits per heavy atom. The van der Waals surface area contributed by atoms with E-state index in [0.717, 1.165) is 0 Å². The van der Waals surface area contributed by atoms with Crippen LogP contribution >= 0.6 is 0 Å². The topological polar surface area (TPSA) is 158 Å². The Morgan fingerprint density at radius 1 is 0.906 bits per heavy atom. The van der Waals surface area contributed by atoms with Gasteiger partial charge in [0.25, 0.3) is 11.8 Å². The summed E-state index contributed by atoms with van der Waals surface area (Å²) in [4.78, 5) is 24.2. The summed E-state index contributed by atoms with van der Waals surface area (Å²) in [5.74, 6) is -0.238. The van der Waals surface area contributed by atoms with Crippen molar-refractivity contribution < 1.29 is 39.5 Å². The summed E-state index contributed by atoms with van der Waals surface area (Å²) in [6.07, 6.45) is -6.45. The molecule has 5 atom stereocenters. The molecule has 0 saturated carbocycles. The lowest BCUT2D eigenvalue weighted by molar-refractivity contribution is -0.231. The largest absolute Gasteiger partial charge is 0.457 e. The van der Waals surface area contributed by atoms with E-state index in [1.54, 1.807) is 24.3 Å². The number of benzene rings is 2. The zero-order valence-corrected chi connectivity index (χ0v) is 17.6. The minimum atomic E-state index is -1.50. The molecule has 1 saturated heterocycles. The first-order chi connectivity index (χ1) is 15.3. The molecule has 0 radical (unpaired) electrons. The molecule has 2 amide bonds. The van der Waals surface area contributed by atoms with Gasteiger partial charge in [-0.05, 0) is 35.9 Å². The highest BCUT2D eigenvalue weighted by Gasteiger charge is 2.44. The van der Waals surface area contributed by atoms with Crippen molar-refractivity contribution in [3.8, 4) is 11.5 Å². The molecule has 0 unspecified atom stereocenters. The van der Waals surface area contributed by atoms with Crippen LogP contribution in [0, 0.1) is 0 Å². The highest BCUT2D eigenvalue weighted by molar-refractivity contribution is 6.00. The molecule has 0 bridgehead atoms. The van der Waals surface area contributed by atoms with Gasteiger partial charge in [-0.25, -0.2) is 0 Å². The fraction of sp³-hybridized carbons (Fsp3) is 0.364. The second kappa shape index (κ2) is 10.1. The van der Waals surface area contributed by atoms with E-state index in [1.165, 1.54) is 32.3 Å². The molecule has 32 heavy (non-hydrogen) atoms. The van der Waals surface area contributed by atoms with E-state index in [2.05, 4.69) is 10.6 Å². The lowest BCUT2D eigenvalue weighted by Gasteiger charge is -2.40. The molecule has 1 aliphatic rings. The predicted octanol–water partition coefficient (Wildman–Crippen LogP) is -0.287. The van der Waals surface area contributed by atoms with E-state index in [4.69, 9.17) is 9.47 Å². The van der Waals surface area contributed by atoms with Crippen LogP contribution in [0.5, 0.6) is 11.5 Å². The Labute approximate surface area is 184 Å². The van der Waals surface area contributed by atoms with Crippen molar-refractivity contribution >= 4 is 11.8 Å². The molecule has 1 fully saturated rings. The third-order valence-electron chi connectivity index (χ3n) is 5.20. The third-order valence-corrected chi connectivity index (χ3v) is 5.20. The summed E-state index contributed by atoms with van der Waals surface area (Å²) in [5, 5.41) is 44.8. The zero-order valence-electron chi connectivity index (χ0n) is 17.6. The Kier molecular flexibility index (Phi) is 7.44. The van der Waals surface area contributed by atoms with Gasteiger partial charge >= 0.3 is 0 Å². The summed E-state index contributed by atoms with van der Waals surface area (Å²) in [6, 6.07) is 10.8. The molecular formula is C22H26N2O8. The molecule has 2 aromatic rings. The fourth-order valence-corrected chi connectivity index (χ4v) is 3.48. The van der Waals surface area contributed by atoms with Crippen LogP contribution in [0.4, 0.5) is 0 Å². The van der Waals surface area contributed by atoms with Gasteiger partial charge in [-0.15, -0.1) is 0 Å². The van der Waals surface area contributed by atoms with Crippen LogP contribution < -0.4 is 15.4 Å². The molecule has 0 aromatic heterocycles. The highest BCUT2D eigenvalue weighted by atomic mass is 16.5. The number of rotatable bonds is 6. The Morgan fingerprint density at radius 2 is 1.53 bits per heavy atom. The number of amides is 2. The molecule has 10 heteroatoms. The van der Waals surface area contributed by atoms with Gasteiger partial charge in [-0.2, -0.15) is 0 Å². The number of hydrogen-bond donors (Lipinski definition) is 6. The minimum Gasteiger partial charge on any atom is -0.457 e. The van der Waals surface area contributed by atoms with Crippen molar-refractivity contribution in [2.24, 2.45) is 0 Å². The number of carbonyl (C=O) groups excluding carboxylic acids is 2. The number of aliphatic hydroxyl groups excluding tert-OH is 4. The van der Waals surface area contributed by atoms with Gasteiger partial charge in [0.15, 0.2) is 0 Å². The fourth-order valence-electron chi connectivity index (χ4n) is 3.48. The van der Waals surface area contributed by atoms with Crippen LogP contribution in [-0.2, 0) is 4.74 Å². The van der Waals surface area contributed by atoms with Crippen LogP contribution in [0.15, 0.2) is 42.5 Å². The molecule has 1 heterocycles. The summed E-state index contributed by atoms with van der Waals surface area (Å²) in [7, 11) is 2.94. The molecular weight excluding hydrogens is 420 g/mol. The normalized spacial score (nSPS) is 25.1. The van der Waals surface area contributed by atoms with Crippen molar-refractivity contribution in [2.45, 2.75) is 30.5 Å². The van der Waals surface area contributed by atoms with Gasteiger partial charge in [0.05, 0.1) is 6.61 Å². The first-order valence-corrected chi connectivity index (χ1v) is 9.96. The average molecular weight is 446 g/mol. The van der Waals surface area contributed by atoms with Gasteiger partial charge < -0.3 is 40.5 Å². The molecule has 0 aliphatic carbocycles. The van der Waals surface area contributed by atoms with E-state index in [0.29, 0.717) is 11.3 Å². The maximum Gasteiger partial charge on any atom is 0.251 e. The summed E-state index contributed by atoms with van der Waals surface area (Å²) in [6.45, 7) is -0.536. The van der Waals surface area contributed by atoms with Gasteiger partial charge in [0.2, 0.25) is 0 Å². The van der Waals surface area contributed by atoms with Crippen LogP contribution in [0.25, 0.3) is 0 Å². The smallest absolute Gasteiger partial charge is 0.251 e. The molecule has 6 N–H and O–H groups in total. The molecule has 10 nitrogen and oxygen atoms in total. The first-order valence-electron chi connectivity index (χ1n) is 9.96. The minimum absolute atomic E-state index is 0.230. The van der Waals surface area contributed by atoms with Crippen molar-refractivity contribution in [1.82, 2.24) is 10.6 Å². The van der Waals surface area contributed by atoms with Gasteiger partial charge in [0.1, 0.15) is 42.0 Å². The van der Waals surface area contributed by atoms with Gasteiger partial charge in [-0.3, -0.25) is 9.59 Å². The molecule has 0 spiro atoms. The quantitative estimate of drug-likeness (QED) is 0.353. The van der Waals surface area contributed by atoms with E-state index < -0.39 is 48.9 Å². The van der Waals surface area contributed by atoms with Crippen LogP contribution in [-0.4, -0.2) is 77.4 Å². The second-order valence-electron chi connectivity index (χ2n) is 7.33. The molecule has 3 rings (SSSR count). The van der Waals surface area contributed by atoms with Crippen molar-refractivity contribution in [3.63, 3.8) is 0 Å².